The fourth-order valence-corrected chi connectivity index (χ4v) is 4.38. The van der Waals surface area contributed by atoms with E-state index in [1.165, 1.54) is 20.0 Å². The zero-order valence-electron chi connectivity index (χ0n) is 13.7. The molecule has 1 fully saturated rings. The van der Waals surface area contributed by atoms with Crippen LogP contribution in [-0.2, 0) is 22.0 Å². The Kier molecular flexibility index (Phi) is 3.94. The number of fused-ring (bicyclic) bond motifs is 1. The third-order valence-electron chi connectivity index (χ3n) is 4.18. The third-order valence-corrected chi connectivity index (χ3v) is 6.14. The number of aromatic amines is 1. The Morgan fingerprint density at radius 2 is 2.04 bits per heavy atom. The van der Waals surface area contributed by atoms with Crippen LogP contribution in [0.5, 0.6) is 0 Å². The van der Waals surface area contributed by atoms with Crippen molar-refractivity contribution >= 4 is 27.0 Å². The maximum atomic E-state index is 14.6. The van der Waals surface area contributed by atoms with Crippen LogP contribution in [0.25, 0.3) is 11.0 Å². The Morgan fingerprint density at radius 1 is 1.38 bits per heavy atom. The number of nitrogens with zero attached hydrogens (tertiary/aromatic N) is 2. The number of nitrogens with one attached hydrogen (secondary N) is 3. The van der Waals surface area contributed by atoms with Gasteiger partial charge in [0.15, 0.2) is 0 Å². The maximum Gasteiger partial charge on any atom is 0.396 e. The summed E-state index contributed by atoms with van der Waals surface area (Å²) in [4.78, 5) is 6.20. The van der Waals surface area contributed by atoms with Crippen LogP contribution < -0.4 is 5.32 Å². The molecule has 0 radical (unpaired) electrons. The summed E-state index contributed by atoms with van der Waals surface area (Å²) in [5, 5.41) is 10.4. The van der Waals surface area contributed by atoms with E-state index in [1.807, 2.05) is 0 Å². The summed E-state index contributed by atoms with van der Waals surface area (Å²) >= 11 is 0. The first-order valence-corrected chi connectivity index (χ1v) is 9.00. The normalized spacial score (nSPS) is 23.3. The van der Waals surface area contributed by atoms with Crippen molar-refractivity contribution in [2.75, 3.05) is 12.8 Å². The molecule has 7 nitrogen and oxygen atoms in total. The number of aromatic nitrogens is 2. The molecule has 2 aromatic rings. The number of H-pyrrole nitrogens is 1. The molecule has 2 heterocycles. The first-order chi connectivity index (χ1) is 11.8. The number of benzene rings is 1. The highest BCUT2D eigenvalue weighted by atomic mass is 32.2. The molecule has 0 aliphatic carbocycles. The highest BCUT2D eigenvalue weighted by Crippen LogP contribution is 2.32. The summed E-state index contributed by atoms with van der Waals surface area (Å²) in [5.74, 6) is -2.15. The quantitative estimate of drug-likeness (QED) is 0.678. The molecule has 1 aliphatic heterocycles. The Balaban J connectivity index is 2.07. The number of sulfonamides is 1. The molecule has 1 aromatic carbocycles. The molecule has 12 heteroatoms. The first kappa shape index (κ1) is 18.4. The van der Waals surface area contributed by atoms with Crippen molar-refractivity contribution in [2.45, 2.75) is 25.1 Å². The van der Waals surface area contributed by atoms with Crippen molar-refractivity contribution in [2.24, 2.45) is 0 Å². The Morgan fingerprint density at radius 3 is 2.62 bits per heavy atom. The minimum absolute atomic E-state index is 0.0000360. The minimum atomic E-state index is -4.47. The van der Waals surface area contributed by atoms with E-state index in [4.69, 9.17) is 5.41 Å². The molecule has 1 aromatic heterocycles. The molecule has 0 bridgehead atoms. The summed E-state index contributed by atoms with van der Waals surface area (Å²) in [6.07, 6.45) is -5.77. The molecule has 1 saturated heterocycles. The van der Waals surface area contributed by atoms with Gasteiger partial charge in [-0.2, -0.15) is 13.2 Å². The average Bonchev–Trinajstić information content (AvgIpc) is 2.82. The van der Waals surface area contributed by atoms with Gasteiger partial charge in [-0.25, -0.2) is 22.1 Å². The topological polar surface area (TPSA) is 102 Å². The van der Waals surface area contributed by atoms with Crippen LogP contribution in [0.15, 0.2) is 12.1 Å². The van der Waals surface area contributed by atoms with E-state index in [0.29, 0.717) is 0 Å². The first-order valence-electron chi connectivity index (χ1n) is 7.39. The van der Waals surface area contributed by atoms with Crippen molar-refractivity contribution in [3.8, 4) is 0 Å². The molecule has 142 valence electrons. The highest BCUT2D eigenvalue weighted by Gasteiger charge is 2.43. The summed E-state index contributed by atoms with van der Waals surface area (Å²) < 4.78 is 77.2. The number of halogens is 4. The van der Waals surface area contributed by atoms with Crippen LogP contribution in [0.3, 0.4) is 0 Å². The SMILES string of the molecule is CN1C(=N)N[C@](C)(c2cc3[nH]c(CC(F)(F)F)nc3cc2F)CS1(=O)=O. The molecule has 0 unspecified atom stereocenters. The lowest BCUT2D eigenvalue weighted by Crippen LogP contribution is -2.61. The van der Waals surface area contributed by atoms with Crippen LogP contribution in [0.1, 0.15) is 18.3 Å². The number of alkyl halides is 3. The number of hydrogen-bond donors (Lipinski definition) is 3. The number of guanidine groups is 1. The molecule has 1 atom stereocenters. The highest BCUT2D eigenvalue weighted by molar-refractivity contribution is 7.89. The van der Waals surface area contributed by atoms with E-state index >= 15 is 0 Å². The van der Waals surface area contributed by atoms with Crippen molar-refractivity contribution in [3.05, 3.63) is 29.3 Å². The lowest BCUT2D eigenvalue weighted by molar-refractivity contribution is -0.128. The summed E-state index contributed by atoms with van der Waals surface area (Å²) in [6.45, 7) is 1.41. The van der Waals surface area contributed by atoms with Gasteiger partial charge in [0.2, 0.25) is 16.0 Å². The number of rotatable bonds is 2. The third kappa shape index (κ3) is 3.20. The van der Waals surface area contributed by atoms with Crippen LogP contribution >= 0.6 is 0 Å². The van der Waals surface area contributed by atoms with E-state index < -0.39 is 45.7 Å². The van der Waals surface area contributed by atoms with Gasteiger partial charge in [-0.1, -0.05) is 0 Å². The van der Waals surface area contributed by atoms with Gasteiger partial charge in [0, 0.05) is 18.7 Å². The van der Waals surface area contributed by atoms with E-state index in [-0.39, 0.29) is 22.4 Å². The molecule has 0 spiro atoms. The lowest BCUT2D eigenvalue weighted by atomic mass is 9.93. The summed E-state index contributed by atoms with van der Waals surface area (Å²) in [6, 6.07) is 2.17. The Labute approximate surface area is 146 Å². The molecule has 0 saturated carbocycles. The van der Waals surface area contributed by atoms with Gasteiger partial charge >= 0.3 is 6.18 Å². The van der Waals surface area contributed by atoms with Crippen molar-refractivity contribution in [1.29, 1.82) is 5.41 Å². The fraction of sp³-hybridized carbons (Fsp3) is 0.429. The van der Waals surface area contributed by atoms with Gasteiger partial charge in [-0.3, -0.25) is 5.41 Å². The van der Waals surface area contributed by atoms with Gasteiger partial charge < -0.3 is 10.3 Å². The molecule has 0 amide bonds. The molecule has 1 aliphatic rings. The second-order valence-electron chi connectivity index (χ2n) is 6.35. The van der Waals surface area contributed by atoms with Crippen molar-refractivity contribution in [3.63, 3.8) is 0 Å². The van der Waals surface area contributed by atoms with Crippen molar-refractivity contribution in [1.82, 2.24) is 19.6 Å². The van der Waals surface area contributed by atoms with Gasteiger partial charge in [-0.15, -0.1) is 0 Å². The minimum Gasteiger partial charge on any atom is -0.345 e. The molecule has 3 rings (SSSR count). The lowest BCUT2D eigenvalue weighted by Gasteiger charge is -2.40. The number of imidazole rings is 1. The zero-order chi connectivity index (χ0) is 19.5. The predicted octanol–water partition coefficient (Wildman–Crippen LogP) is 1.82. The van der Waals surface area contributed by atoms with E-state index in [2.05, 4.69) is 15.3 Å². The van der Waals surface area contributed by atoms with Crippen LogP contribution in [-0.4, -0.2) is 47.6 Å². The van der Waals surface area contributed by atoms with Crippen LogP contribution in [0.4, 0.5) is 17.6 Å². The largest absolute Gasteiger partial charge is 0.396 e. The van der Waals surface area contributed by atoms with E-state index in [0.717, 1.165) is 10.4 Å². The Hall–Kier alpha value is -2.37. The summed E-state index contributed by atoms with van der Waals surface area (Å²) in [5.41, 5.74) is -1.41. The predicted molar refractivity (Wildman–Crippen MR) is 85.6 cm³/mol. The second kappa shape index (κ2) is 5.56. The van der Waals surface area contributed by atoms with Gasteiger partial charge in [0.05, 0.1) is 22.3 Å². The standard InChI is InChI=1S/C14H15F4N5O2S/c1-13(6-26(24,25)23(2)12(19)22-13)7-3-9-10(4-8(7)15)21-11(20-9)5-14(16,17)18/h3-4H,5-6H2,1-2H3,(H2,19,22)(H,20,21)/t13-/m0/s1. The van der Waals surface area contributed by atoms with Gasteiger partial charge in [-0.05, 0) is 13.0 Å². The average molecular weight is 393 g/mol. The summed E-state index contributed by atoms with van der Waals surface area (Å²) in [7, 11) is -2.65. The zero-order valence-corrected chi connectivity index (χ0v) is 14.5. The Bertz CT molecular complexity index is 1000. The van der Waals surface area contributed by atoms with E-state index in [9.17, 15) is 26.0 Å². The van der Waals surface area contributed by atoms with Crippen LogP contribution in [0, 0.1) is 11.2 Å². The van der Waals surface area contributed by atoms with Crippen LogP contribution in [0.2, 0.25) is 0 Å². The van der Waals surface area contributed by atoms with Crippen molar-refractivity contribution < 1.29 is 26.0 Å². The monoisotopic (exact) mass is 393 g/mol. The van der Waals surface area contributed by atoms with Gasteiger partial charge in [0.25, 0.3) is 0 Å². The van der Waals surface area contributed by atoms with E-state index in [1.54, 1.807) is 0 Å². The molecular weight excluding hydrogens is 378 g/mol. The fourth-order valence-electron chi connectivity index (χ4n) is 2.90. The maximum absolute atomic E-state index is 14.6. The number of hydrogen-bond acceptors (Lipinski definition) is 4. The van der Waals surface area contributed by atoms with Gasteiger partial charge in [0.1, 0.15) is 18.1 Å². The molecule has 3 N–H and O–H groups in total. The molecular formula is C14H15F4N5O2S. The second-order valence-corrected chi connectivity index (χ2v) is 8.35. The molecule has 26 heavy (non-hydrogen) atoms. The smallest absolute Gasteiger partial charge is 0.345 e.